The minimum absolute atomic E-state index is 0.00219. The zero-order valence-electron chi connectivity index (χ0n) is 14.2. The third-order valence-corrected chi connectivity index (χ3v) is 4.99. The van der Waals surface area contributed by atoms with E-state index in [0.717, 1.165) is 48.5 Å². The van der Waals surface area contributed by atoms with Gasteiger partial charge in [0, 0.05) is 31.4 Å². The summed E-state index contributed by atoms with van der Waals surface area (Å²) in [7, 11) is 0. The van der Waals surface area contributed by atoms with Crippen molar-refractivity contribution < 1.29 is 14.0 Å². The average Bonchev–Trinajstić information content (AvgIpc) is 3.33. The van der Waals surface area contributed by atoms with E-state index < -0.39 is 0 Å². The van der Waals surface area contributed by atoms with Crippen LogP contribution in [0.5, 0.6) is 0 Å². The lowest BCUT2D eigenvalue weighted by Gasteiger charge is -2.23. The Balaban J connectivity index is 1.49. The Kier molecular flexibility index (Phi) is 3.95. The Morgan fingerprint density at radius 2 is 2.12 bits per heavy atom. The highest BCUT2D eigenvalue weighted by atomic mass is 16.3. The fraction of sp³-hybridized carbons (Fsp3) is 0.368. The van der Waals surface area contributed by atoms with E-state index in [0.29, 0.717) is 6.54 Å². The molecule has 1 fully saturated rings. The highest BCUT2D eigenvalue weighted by Gasteiger charge is 2.32. The maximum Gasteiger partial charge on any atom is 0.322 e. The van der Waals surface area contributed by atoms with Gasteiger partial charge >= 0.3 is 6.03 Å². The van der Waals surface area contributed by atoms with E-state index in [2.05, 4.69) is 5.32 Å². The van der Waals surface area contributed by atoms with Crippen LogP contribution in [0.15, 0.2) is 41.0 Å². The van der Waals surface area contributed by atoms with Crippen LogP contribution in [0.3, 0.4) is 0 Å². The molecule has 1 saturated heterocycles. The molecular weight excluding hydrogens is 318 g/mol. The van der Waals surface area contributed by atoms with Gasteiger partial charge in [0.15, 0.2) is 0 Å². The minimum Gasteiger partial charge on any atom is -0.467 e. The third kappa shape index (κ3) is 2.88. The quantitative estimate of drug-likeness (QED) is 0.910. The van der Waals surface area contributed by atoms with Crippen LogP contribution in [0.25, 0.3) is 0 Å². The lowest BCUT2D eigenvalue weighted by molar-refractivity contribution is -0.116. The number of benzene rings is 1. The Bertz CT molecular complexity index is 800. The number of furan rings is 1. The Morgan fingerprint density at radius 3 is 2.88 bits per heavy atom. The van der Waals surface area contributed by atoms with Crippen molar-refractivity contribution in [2.75, 3.05) is 23.3 Å². The van der Waals surface area contributed by atoms with Crippen molar-refractivity contribution in [3.05, 3.63) is 47.9 Å². The van der Waals surface area contributed by atoms with Crippen molar-refractivity contribution in [2.24, 2.45) is 0 Å². The summed E-state index contributed by atoms with van der Waals surface area (Å²) in [5, 5.41) is 2.99. The number of rotatable bonds is 2. The number of hydrogen-bond acceptors (Lipinski definition) is 3. The van der Waals surface area contributed by atoms with E-state index in [1.165, 1.54) is 0 Å². The molecule has 1 atom stereocenters. The van der Waals surface area contributed by atoms with E-state index in [1.807, 2.05) is 35.2 Å². The molecule has 0 aliphatic carbocycles. The van der Waals surface area contributed by atoms with Crippen LogP contribution in [0.2, 0.25) is 0 Å². The number of carbonyl (C=O) groups is 2. The van der Waals surface area contributed by atoms with Gasteiger partial charge < -0.3 is 19.5 Å². The molecule has 25 heavy (non-hydrogen) atoms. The molecule has 3 amide bonds. The molecule has 130 valence electrons. The summed E-state index contributed by atoms with van der Waals surface area (Å²) in [6.45, 7) is 3.00. The first-order valence-electron chi connectivity index (χ1n) is 8.65. The topological polar surface area (TPSA) is 65.8 Å². The number of likely N-dealkylation sites (tertiary alicyclic amines) is 1. The minimum atomic E-state index is -0.111. The van der Waals surface area contributed by atoms with E-state index in [9.17, 15) is 9.59 Å². The molecule has 0 unspecified atom stereocenters. The normalized spacial score (nSPS) is 19.2. The van der Waals surface area contributed by atoms with E-state index in [1.54, 1.807) is 18.1 Å². The van der Waals surface area contributed by atoms with E-state index in [-0.39, 0.29) is 18.0 Å². The highest BCUT2D eigenvalue weighted by Crippen LogP contribution is 2.34. The summed E-state index contributed by atoms with van der Waals surface area (Å²) in [5.74, 6) is 0.882. The van der Waals surface area contributed by atoms with Crippen molar-refractivity contribution in [1.82, 2.24) is 4.90 Å². The highest BCUT2D eigenvalue weighted by molar-refractivity contribution is 5.95. The number of carbonyl (C=O) groups excluding carboxylic acids is 2. The zero-order valence-corrected chi connectivity index (χ0v) is 14.2. The molecule has 0 spiro atoms. The summed E-state index contributed by atoms with van der Waals surface area (Å²) in [5.41, 5.74) is 2.80. The smallest absolute Gasteiger partial charge is 0.322 e. The third-order valence-electron chi connectivity index (χ3n) is 4.99. The van der Waals surface area contributed by atoms with Crippen LogP contribution < -0.4 is 10.2 Å². The number of amides is 3. The molecule has 4 rings (SSSR count). The largest absolute Gasteiger partial charge is 0.467 e. The number of nitrogens with one attached hydrogen (secondary N) is 1. The fourth-order valence-electron chi connectivity index (χ4n) is 3.79. The first-order valence-corrected chi connectivity index (χ1v) is 8.65. The van der Waals surface area contributed by atoms with Crippen molar-refractivity contribution in [3.63, 3.8) is 0 Å². The molecule has 6 heteroatoms. The van der Waals surface area contributed by atoms with Crippen LogP contribution in [0.1, 0.15) is 37.1 Å². The van der Waals surface area contributed by atoms with Gasteiger partial charge in [-0.15, -0.1) is 0 Å². The maximum absolute atomic E-state index is 12.7. The average molecular weight is 339 g/mol. The number of urea groups is 1. The molecule has 2 aliphatic rings. The maximum atomic E-state index is 12.7. The van der Waals surface area contributed by atoms with E-state index >= 15 is 0 Å². The predicted molar refractivity (Wildman–Crippen MR) is 94.6 cm³/mol. The van der Waals surface area contributed by atoms with Crippen LogP contribution >= 0.6 is 0 Å². The molecule has 1 aromatic carbocycles. The predicted octanol–water partition coefficient (Wildman–Crippen LogP) is 3.56. The van der Waals surface area contributed by atoms with Crippen LogP contribution in [0.4, 0.5) is 16.2 Å². The van der Waals surface area contributed by atoms with Gasteiger partial charge in [-0.3, -0.25) is 4.79 Å². The lowest BCUT2D eigenvalue weighted by atomic mass is 10.1. The van der Waals surface area contributed by atoms with Crippen molar-refractivity contribution in [1.29, 1.82) is 0 Å². The summed E-state index contributed by atoms with van der Waals surface area (Å²) < 4.78 is 5.48. The van der Waals surface area contributed by atoms with Crippen LogP contribution in [0, 0.1) is 0 Å². The van der Waals surface area contributed by atoms with Crippen molar-refractivity contribution in [3.8, 4) is 0 Å². The van der Waals surface area contributed by atoms with Gasteiger partial charge in [-0.2, -0.15) is 0 Å². The SMILES string of the molecule is CC(=O)N1CCc2cc(NC(=O)N3CCC[C@@H]3c3ccco3)ccc21. The second kappa shape index (κ2) is 6.27. The Hall–Kier alpha value is -2.76. The summed E-state index contributed by atoms with van der Waals surface area (Å²) >= 11 is 0. The summed E-state index contributed by atoms with van der Waals surface area (Å²) in [6, 6.07) is 9.39. The first-order chi connectivity index (χ1) is 12.1. The first kappa shape index (κ1) is 15.7. The van der Waals surface area contributed by atoms with Crippen molar-refractivity contribution >= 4 is 23.3 Å². The van der Waals surface area contributed by atoms with Crippen molar-refractivity contribution in [2.45, 2.75) is 32.2 Å². The standard InChI is InChI=1S/C19H21N3O3/c1-13(23)21-10-8-14-12-15(6-7-16(14)21)20-19(24)22-9-2-4-17(22)18-5-3-11-25-18/h3,5-7,11-12,17H,2,4,8-10H2,1H3,(H,20,24)/t17-/m1/s1. The second-order valence-corrected chi connectivity index (χ2v) is 6.56. The number of nitrogens with zero attached hydrogens (tertiary/aromatic N) is 2. The molecule has 1 aromatic heterocycles. The monoisotopic (exact) mass is 339 g/mol. The van der Waals surface area contributed by atoms with Gasteiger partial charge in [-0.05, 0) is 55.2 Å². The fourth-order valence-corrected chi connectivity index (χ4v) is 3.79. The molecule has 0 saturated carbocycles. The summed E-state index contributed by atoms with van der Waals surface area (Å²) in [4.78, 5) is 27.9. The zero-order chi connectivity index (χ0) is 17.4. The van der Waals surface area contributed by atoms with Crippen LogP contribution in [-0.2, 0) is 11.2 Å². The molecule has 6 nitrogen and oxygen atoms in total. The number of hydrogen-bond donors (Lipinski definition) is 1. The molecule has 3 heterocycles. The number of anilines is 2. The molecule has 1 N–H and O–H groups in total. The van der Waals surface area contributed by atoms with Gasteiger partial charge in [-0.1, -0.05) is 0 Å². The Labute approximate surface area is 146 Å². The molecular formula is C19H21N3O3. The van der Waals surface area contributed by atoms with Gasteiger partial charge in [0.25, 0.3) is 0 Å². The van der Waals surface area contributed by atoms with Crippen LogP contribution in [-0.4, -0.2) is 29.9 Å². The van der Waals surface area contributed by atoms with E-state index in [4.69, 9.17) is 4.42 Å². The van der Waals surface area contributed by atoms with Gasteiger partial charge in [0.05, 0.1) is 12.3 Å². The molecule has 2 aromatic rings. The second-order valence-electron chi connectivity index (χ2n) is 6.56. The molecule has 0 bridgehead atoms. The Morgan fingerprint density at radius 1 is 1.24 bits per heavy atom. The molecule has 2 aliphatic heterocycles. The molecule has 0 radical (unpaired) electrons. The lowest BCUT2D eigenvalue weighted by Crippen LogP contribution is -2.34. The number of fused-ring (bicyclic) bond motifs is 1. The van der Waals surface area contributed by atoms with Gasteiger partial charge in [0.2, 0.25) is 5.91 Å². The van der Waals surface area contributed by atoms with Gasteiger partial charge in [-0.25, -0.2) is 4.79 Å². The van der Waals surface area contributed by atoms with Gasteiger partial charge in [0.1, 0.15) is 5.76 Å². The summed E-state index contributed by atoms with van der Waals surface area (Å²) in [6.07, 6.45) is 4.34.